The van der Waals surface area contributed by atoms with Gasteiger partial charge in [0, 0.05) is 10.6 Å². The molecular formula is C15H20N2OS. The molecule has 2 aliphatic carbocycles. The summed E-state index contributed by atoms with van der Waals surface area (Å²) >= 11 is 1.64. The second kappa shape index (κ2) is 5.45. The number of hydrazone groups is 1. The number of nitrogens with zero attached hydrogens (tertiary/aromatic N) is 1. The van der Waals surface area contributed by atoms with Crippen molar-refractivity contribution in [1.82, 2.24) is 5.43 Å². The summed E-state index contributed by atoms with van der Waals surface area (Å²) in [6.45, 7) is 2.20. The lowest BCUT2D eigenvalue weighted by Gasteiger charge is -2.19. The SMILES string of the molecule is C[C@@H]1CCCCC1=NNC(=O)c1cc2c(s1)CCC2. The van der Waals surface area contributed by atoms with E-state index >= 15 is 0 Å². The van der Waals surface area contributed by atoms with Crippen LogP contribution in [0.15, 0.2) is 11.2 Å². The number of nitrogens with one attached hydrogen (secondary N) is 1. The van der Waals surface area contributed by atoms with E-state index in [0.717, 1.165) is 29.9 Å². The van der Waals surface area contributed by atoms with E-state index in [1.54, 1.807) is 11.3 Å². The maximum Gasteiger partial charge on any atom is 0.281 e. The zero-order valence-electron chi connectivity index (χ0n) is 11.4. The molecule has 0 radical (unpaired) electrons. The number of hydrogen-bond donors (Lipinski definition) is 1. The van der Waals surface area contributed by atoms with Gasteiger partial charge < -0.3 is 0 Å². The number of thiophene rings is 1. The van der Waals surface area contributed by atoms with Crippen LogP contribution in [-0.2, 0) is 12.8 Å². The van der Waals surface area contributed by atoms with Crippen LogP contribution in [0.2, 0.25) is 0 Å². The number of hydrogen-bond acceptors (Lipinski definition) is 3. The quantitative estimate of drug-likeness (QED) is 0.825. The molecule has 0 bridgehead atoms. The molecule has 1 atom stereocenters. The molecule has 2 aliphatic rings. The first-order chi connectivity index (χ1) is 9.24. The van der Waals surface area contributed by atoms with Gasteiger partial charge in [0.05, 0.1) is 4.88 Å². The Morgan fingerprint density at radius 3 is 3.00 bits per heavy atom. The van der Waals surface area contributed by atoms with Crippen molar-refractivity contribution < 1.29 is 4.79 Å². The zero-order valence-corrected chi connectivity index (χ0v) is 12.2. The highest BCUT2D eigenvalue weighted by molar-refractivity contribution is 7.14. The van der Waals surface area contributed by atoms with Crippen molar-refractivity contribution in [2.24, 2.45) is 11.0 Å². The Balaban J connectivity index is 1.65. The molecule has 1 N–H and O–H groups in total. The monoisotopic (exact) mass is 276 g/mol. The molecule has 1 aromatic heterocycles. The summed E-state index contributed by atoms with van der Waals surface area (Å²) in [6, 6.07) is 2.05. The number of carbonyl (C=O) groups is 1. The first-order valence-electron chi connectivity index (χ1n) is 7.22. The van der Waals surface area contributed by atoms with Crippen molar-refractivity contribution in [3.8, 4) is 0 Å². The molecule has 0 unspecified atom stereocenters. The summed E-state index contributed by atoms with van der Waals surface area (Å²) in [5.74, 6) is 0.479. The summed E-state index contributed by atoms with van der Waals surface area (Å²) < 4.78 is 0. The van der Waals surface area contributed by atoms with Crippen molar-refractivity contribution in [1.29, 1.82) is 0 Å². The average Bonchev–Trinajstić information content (AvgIpc) is 2.98. The summed E-state index contributed by atoms with van der Waals surface area (Å²) in [5, 5.41) is 4.35. The van der Waals surface area contributed by atoms with Crippen LogP contribution in [-0.4, -0.2) is 11.6 Å². The van der Waals surface area contributed by atoms with Crippen LogP contribution in [0.3, 0.4) is 0 Å². The lowest BCUT2D eigenvalue weighted by Crippen LogP contribution is -2.23. The van der Waals surface area contributed by atoms with Crippen LogP contribution in [0.5, 0.6) is 0 Å². The van der Waals surface area contributed by atoms with Crippen molar-refractivity contribution >= 4 is 23.0 Å². The van der Waals surface area contributed by atoms with Gasteiger partial charge in [0.25, 0.3) is 5.91 Å². The fourth-order valence-corrected chi connectivity index (χ4v) is 4.10. The maximum atomic E-state index is 12.1. The van der Waals surface area contributed by atoms with Crippen molar-refractivity contribution in [3.05, 3.63) is 21.4 Å². The standard InChI is InChI=1S/C15H20N2OS/c1-10-5-2-3-7-12(10)16-17-15(18)14-9-11-6-4-8-13(11)19-14/h9-10H,2-8H2,1H3,(H,17,18)/t10-/m1/s1. The number of fused-ring (bicyclic) bond motifs is 1. The van der Waals surface area contributed by atoms with Crippen LogP contribution in [0.25, 0.3) is 0 Å². The number of rotatable bonds is 2. The van der Waals surface area contributed by atoms with E-state index in [0.29, 0.717) is 5.92 Å². The van der Waals surface area contributed by atoms with Gasteiger partial charge in [0.2, 0.25) is 0 Å². The molecule has 1 aromatic rings. The van der Waals surface area contributed by atoms with E-state index in [9.17, 15) is 4.79 Å². The second-order valence-corrected chi connectivity index (χ2v) is 6.74. The predicted octanol–water partition coefficient (Wildman–Crippen LogP) is 3.53. The van der Waals surface area contributed by atoms with E-state index in [-0.39, 0.29) is 5.91 Å². The molecule has 1 amide bonds. The molecule has 0 spiro atoms. The minimum absolute atomic E-state index is 0.0373. The van der Waals surface area contributed by atoms with Crippen LogP contribution in [0.1, 0.15) is 59.1 Å². The second-order valence-electron chi connectivity index (χ2n) is 5.60. The Morgan fingerprint density at radius 2 is 2.21 bits per heavy atom. The van der Waals surface area contributed by atoms with Gasteiger partial charge in [-0.1, -0.05) is 13.3 Å². The Hall–Kier alpha value is -1.16. The van der Waals surface area contributed by atoms with Gasteiger partial charge in [-0.15, -0.1) is 11.3 Å². The van der Waals surface area contributed by atoms with E-state index in [2.05, 4.69) is 17.5 Å². The highest BCUT2D eigenvalue weighted by Crippen LogP contribution is 2.30. The van der Waals surface area contributed by atoms with Gasteiger partial charge in [0.1, 0.15) is 0 Å². The van der Waals surface area contributed by atoms with Gasteiger partial charge in [-0.3, -0.25) is 4.79 Å². The topological polar surface area (TPSA) is 41.5 Å². The van der Waals surface area contributed by atoms with Gasteiger partial charge in [0.15, 0.2) is 0 Å². The van der Waals surface area contributed by atoms with Crippen molar-refractivity contribution in [2.75, 3.05) is 0 Å². The molecule has 19 heavy (non-hydrogen) atoms. The van der Waals surface area contributed by atoms with Gasteiger partial charge >= 0.3 is 0 Å². The van der Waals surface area contributed by atoms with Crippen LogP contribution < -0.4 is 5.43 Å². The molecule has 1 fully saturated rings. The third-order valence-corrected chi connectivity index (χ3v) is 5.40. The normalized spacial score (nSPS) is 24.5. The zero-order chi connectivity index (χ0) is 13.2. The van der Waals surface area contributed by atoms with E-state index in [1.807, 2.05) is 6.07 Å². The molecule has 1 saturated carbocycles. The first kappa shape index (κ1) is 12.9. The minimum Gasteiger partial charge on any atom is -0.266 e. The highest BCUT2D eigenvalue weighted by Gasteiger charge is 2.19. The van der Waals surface area contributed by atoms with Crippen molar-refractivity contribution in [2.45, 2.75) is 51.9 Å². The van der Waals surface area contributed by atoms with Crippen LogP contribution in [0.4, 0.5) is 0 Å². The Kier molecular flexibility index (Phi) is 3.69. The number of carbonyl (C=O) groups excluding carboxylic acids is 1. The van der Waals surface area contributed by atoms with Gasteiger partial charge in [-0.25, -0.2) is 5.43 Å². The average molecular weight is 276 g/mol. The summed E-state index contributed by atoms with van der Waals surface area (Å²) in [7, 11) is 0. The molecule has 0 aliphatic heterocycles. The predicted molar refractivity (Wildman–Crippen MR) is 78.9 cm³/mol. The van der Waals surface area contributed by atoms with Gasteiger partial charge in [-0.2, -0.15) is 5.10 Å². The summed E-state index contributed by atoms with van der Waals surface area (Å²) in [5.41, 5.74) is 5.27. The number of aryl methyl sites for hydroxylation is 2. The van der Waals surface area contributed by atoms with E-state index in [1.165, 1.54) is 36.1 Å². The van der Waals surface area contributed by atoms with Crippen molar-refractivity contribution in [3.63, 3.8) is 0 Å². The highest BCUT2D eigenvalue weighted by atomic mass is 32.1. The molecule has 3 nitrogen and oxygen atoms in total. The molecule has 4 heteroatoms. The fourth-order valence-electron chi connectivity index (χ4n) is 2.95. The molecule has 1 heterocycles. The maximum absolute atomic E-state index is 12.1. The molecule has 3 rings (SSSR count). The van der Waals surface area contributed by atoms with Crippen LogP contribution in [0, 0.1) is 5.92 Å². The van der Waals surface area contributed by atoms with E-state index in [4.69, 9.17) is 0 Å². The van der Waals surface area contributed by atoms with Crippen LogP contribution >= 0.6 is 11.3 Å². The fraction of sp³-hybridized carbons (Fsp3) is 0.600. The lowest BCUT2D eigenvalue weighted by atomic mass is 9.89. The first-order valence-corrected chi connectivity index (χ1v) is 8.04. The third-order valence-electron chi connectivity index (χ3n) is 4.16. The van der Waals surface area contributed by atoms with Gasteiger partial charge in [-0.05, 0) is 56.1 Å². The Morgan fingerprint density at radius 1 is 1.32 bits per heavy atom. The van der Waals surface area contributed by atoms with E-state index < -0.39 is 0 Å². The Labute approximate surface area is 118 Å². The molecule has 102 valence electrons. The smallest absolute Gasteiger partial charge is 0.266 e. The summed E-state index contributed by atoms with van der Waals surface area (Å²) in [4.78, 5) is 14.3. The number of amides is 1. The molecule has 0 aromatic carbocycles. The third kappa shape index (κ3) is 2.73. The largest absolute Gasteiger partial charge is 0.281 e. The molecule has 0 saturated heterocycles. The minimum atomic E-state index is -0.0373. The molecular weight excluding hydrogens is 256 g/mol. The Bertz CT molecular complexity index is 497. The lowest BCUT2D eigenvalue weighted by molar-refractivity contribution is 0.0958. The summed E-state index contributed by atoms with van der Waals surface area (Å²) in [6.07, 6.45) is 8.22.